The lowest BCUT2D eigenvalue weighted by molar-refractivity contribution is -0.147. The van der Waals surface area contributed by atoms with Gasteiger partial charge >= 0.3 is 6.16 Å². The highest BCUT2D eigenvalue weighted by molar-refractivity contribution is 7.91. The van der Waals surface area contributed by atoms with Crippen molar-refractivity contribution in [3.8, 4) is 0 Å². The largest absolute Gasteiger partial charge is 0.611 e. The summed E-state index contributed by atoms with van der Waals surface area (Å²) in [5, 5.41) is 13.0. The van der Waals surface area contributed by atoms with E-state index in [-0.39, 0.29) is 6.61 Å². The fraction of sp³-hybridized carbons (Fsp3) is 0.350. The molecule has 1 aliphatic rings. The standard InChI is InChI=1S/C20H21Cl2N5O4S/c21-15-9-14(10-16(22)11-15)13-30-20(28)31-27-5-3-26(4-6-27)7-8-32(29)17-1-2-18-19(12-17)24-25-23-18/h1-2,9-12H,3-8,13H2,(H,23,24,25). The minimum absolute atomic E-state index is 0.0189. The molecule has 0 radical (unpaired) electrons. The van der Waals surface area contributed by atoms with Crippen molar-refractivity contribution in [3.05, 3.63) is 52.0 Å². The number of halogens is 2. The molecular formula is C20H21Cl2N5O4S. The summed E-state index contributed by atoms with van der Waals surface area (Å²) >= 11 is 10.7. The Morgan fingerprint density at radius 2 is 1.88 bits per heavy atom. The van der Waals surface area contributed by atoms with Crippen molar-refractivity contribution < 1.29 is 18.9 Å². The first-order valence-electron chi connectivity index (χ1n) is 9.92. The van der Waals surface area contributed by atoms with Crippen LogP contribution in [0.4, 0.5) is 4.79 Å². The summed E-state index contributed by atoms with van der Waals surface area (Å²) in [5.74, 6) is 0.508. The minimum atomic E-state index is -1.13. The van der Waals surface area contributed by atoms with Gasteiger partial charge in [0, 0.05) is 48.8 Å². The van der Waals surface area contributed by atoms with Gasteiger partial charge in [-0.15, -0.1) is 10.2 Å². The lowest BCUT2D eigenvalue weighted by Gasteiger charge is -2.32. The first kappa shape index (κ1) is 23.1. The number of hydrogen-bond acceptors (Lipinski definition) is 8. The number of aromatic nitrogens is 3. The highest BCUT2D eigenvalue weighted by atomic mass is 35.5. The number of nitrogens with one attached hydrogen (secondary N) is 1. The molecule has 4 rings (SSSR count). The summed E-state index contributed by atoms with van der Waals surface area (Å²) in [6.07, 6.45) is -0.779. The van der Waals surface area contributed by atoms with Crippen LogP contribution in [-0.4, -0.2) is 74.6 Å². The maximum absolute atomic E-state index is 12.6. The van der Waals surface area contributed by atoms with E-state index >= 15 is 0 Å². The maximum Gasteiger partial charge on any atom is 0.528 e. The van der Waals surface area contributed by atoms with Crippen molar-refractivity contribution in [2.24, 2.45) is 0 Å². The number of carbonyl (C=O) groups excluding carboxylic acids is 1. The zero-order valence-corrected chi connectivity index (χ0v) is 19.3. The van der Waals surface area contributed by atoms with Crippen LogP contribution in [0.1, 0.15) is 5.56 Å². The van der Waals surface area contributed by atoms with Gasteiger partial charge in [-0.25, -0.2) is 4.79 Å². The van der Waals surface area contributed by atoms with Crippen LogP contribution in [0, 0.1) is 0 Å². The van der Waals surface area contributed by atoms with E-state index in [2.05, 4.69) is 20.3 Å². The van der Waals surface area contributed by atoms with E-state index in [1.54, 1.807) is 29.3 Å². The van der Waals surface area contributed by atoms with Crippen molar-refractivity contribution >= 4 is 51.6 Å². The van der Waals surface area contributed by atoms with Crippen molar-refractivity contribution in [2.45, 2.75) is 11.5 Å². The summed E-state index contributed by atoms with van der Waals surface area (Å²) in [5.41, 5.74) is 2.20. The number of piperazine rings is 1. The topological polar surface area (TPSA) is 107 Å². The second-order valence-corrected chi connectivity index (χ2v) is 9.66. The predicted molar refractivity (Wildman–Crippen MR) is 121 cm³/mol. The van der Waals surface area contributed by atoms with E-state index in [1.165, 1.54) is 0 Å². The molecule has 0 aliphatic carbocycles. The Labute approximate surface area is 197 Å². The van der Waals surface area contributed by atoms with E-state index in [0.29, 0.717) is 59.6 Å². The molecule has 1 unspecified atom stereocenters. The normalized spacial score (nSPS) is 16.2. The van der Waals surface area contributed by atoms with E-state index < -0.39 is 17.3 Å². The number of fused-ring (bicyclic) bond motifs is 1. The molecule has 0 bridgehead atoms. The molecule has 12 heteroatoms. The van der Waals surface area contributed by atoms with Gasteiger partial charge in [0.15, 0.2) is 4.90 Å². The van der Waals surface area contributed by atoms with Crippen LogP contribution in [0.25, 0.3) is 11.0 Å². The number of hydrogen-bond donors (Lipinski definition) is 1. The van der Waals surface area contributed by atoms with Gasteiger partial charge in [0.1, 0.15) is 17.9 Å². The zero-order chi connectivity index (χ0) is 22.5. The summed E-state index contributed by atoms with van der Waals surface area (Å²) in [7, 11) is 0. The van der Waals surface area contributed by atoms with Crippen LogP contribution in [0.15, 0.2) is 41.3 Å². The molecule has 170 valence electrons. The highest BCUT2D eigenvalue weighted by Crippen LogP contribution is 2.20. The van der Waals surface area contributed by atoms with Crippen molar-refractivity contribution in [2.75, 3.05) is 38.5 Å². The van der Waals surface area contributed by atoms with E-state index in [0.717, 1.165) is 10.4 Å². The summed E-state index contributed by atoms with van der Waals surface area (Å²) in [6.45, 7) is 3.15. The second-order valence-electron chi connectivity index (χ2n) is 7.22. The average Bonchev–Trinajstić information content (AvgIpc) is 3.24. The molecule has 1 fully saturated rings. The van der Waals surface area contributed by atoms with Gasteiger partial charge < -0.3 is 14.1 Å². The third kappa shape index (κ3) is 6.25. The Kier molecular flexibility index (Phi) is 7.71. The molecule has 0 amide bonds. The van der Waals surface area contributed by atoms with Gasteiger partial charge in [0.05, 0.1) is 5.52 Å². The Balaban J connectivity index is 1.16. The lowest BCUT2D eigenvalue weighted by atomic mass is 10.2. The number of aromatic amines is 1. The summed E-state index contributed by atoms with van der Waals surface area (Å²) in [4.78, 5) is 20.1. The number of ether oxygens (including phenoxy) is 1. The molecule has 3 aromatic rings. The summed E-state index contributed by atoms with van der Waals surface area (Å²) in [6, 6.07) is 10.4. The third-order valence-electron chi connectivity index (χ3n) is 4.97. The van der Waals surface area contributed by atoms with Crippen molar-refractivity contribution in [3.63, 3.8) is 0 Å². The highest BCUT2D eigenvalue weighted by Gasteiger charge is 2.22. The smallest absolute Gasteiger partial charge is 0.528 e. The molecular weight excluding hydrogens is 477 g/mol. The fourth-order valence-corrected chi connectivity index (χ4v) is 5.00. The molecule has 1 aliphatic heterocycles. The molecule has 2 aromatic carbocycles. The second kappa shape index (κ2) is 10.7. The first-order valence-corrected chi connectivity index (χ1v) is 12.0. The maximum atomic E-state index is 12.6. The van der Waals surface area contributed by atoms with Gasteiger partial charge in [-0.1, -0.05) is 28.4 Å². The van der Waals surface area contributed by atoms with E-state index in [4.69, 9.17) is 32.8 Å². The Bertz CT molecular complexity index is 1060. The van der Waals surface area contributed by atoms with Gasteiger partial charge in [0.2, 0.25) is 0 Å². The Morgan fingerprint density at radius 3 is 2.62 bits per heavy atom. The lowest BCUT2D eigenvalue weighted by Crippen LogP contribution is -2.48. The molecule has 9 nitrogen and oxygen atoms in total. The number of carbonyl (C=O) groups is 1. The molecule has 0 saturated carbocycles. The number of nitrogens with zero attached hydrogens (tertiary/aromatic N) is 4. The van der Waals surface area contributed by atoms with Crippen LogP contribution < -0.4 is 0 Å². The summed E-state index contributed by atoms with van der Waals surface area (Å²) < 4.78 is 17.7. The molecule has 1 N–H and O–H groups in total. The molecule has 1 atom stereocenters. The van der Waals surface area contributed by atoms with Crippen molar-refractivity contribution in [1.29, 1.82) is 0 Å². The van der Waals surface area contributed by atoms with Crippen LogP contribution in [0.5, 0.6) is 0 Å². The number of hydroxylamine groups is 2. The number of H-pyrrole nitrogens is 1. The molecule has 32 heavy (non-hydrogen) atoms. The molecule has 1 saturated heterocycles. The van der Waals surface area contributed by atoms with E-state index in [1.807, 2.05) is 12.1 Å². The number of benzene rings is 2. The molecule has 0 spiro atoms. The Morgan fingerprint density at radius 1 is 1.12 bits per heavy atom. The Hall–Kier alpha value is -2.08. The first-order chi connectivity index (χ1) is 15.5. The monoisotopic (exact) mass is 497 g/mol. The quantitative estimate of drug-likeness (QED) is 0.391. The van der Waals surface area contributed by atoms with Gasteiger partial charge in [0.25, 0.3) is 0 Å². The SMILES string of the molecule is O=C(OCc1cc(Cl)cc(Cl)c1)ON1CCN(CC[S+]([O-])c2ccc3[nH]nnc3c2)CC1. The van der Waals surface area contributed by atoms with Crippen LogP contribution in [-0.2, 0) is 27.4 Å². The minimum Gasteiger partial charge on any atom is -0.611 e. The fourth-order valence-electron chi connectivity index (χ4n) is 3.31. The van der Waals surface area contributed by atoms with Gasteiger partial charge in [-0.05, 0) is 47.1 Å². The third-order valence-corrected chi connectivity index (χ3v) is 6.74. The zero-order valence-electron chi connectivity index (χ0n) is 17.0. The van der Waals surface area contributed by atoms with Crippen LogP contribution >= 0.6 is 23.2 Å². The molecule has 1 aromatic heterocycles. The van der Waals surface area contributed by atoms with E-state index in [9.17, 15) is 9.35 Å². The number of rotatable bonds is 7. The van der Waals surface area contributed by atoms with Crippen molar-refractivity contribution in [1.82, 2.24) is 25.4 Å². The predicted octanol–water partition coefficient (Wildman–Crippen LogP) is 3.26. The van der Waals surface area contributed by atoms with Crippen LogP contribution in [0.2, 0.25) is 10.0 Å². The van der Waals surface area contributed by atoms with Crippen LogP contribution in [0.3, 0.4) is 0 Å². The van der Waals surface area contributed by atoms with Gasteiger partial charge in [-0.2, -0.15) is 0 Å². The van der Waals surface area contributed by atoms with Gasteiger partial charge in [-0.3, -0.25) is 10.00 Å². The molecule has 2 heterocycles. The average molecular weight is 498 g/mol.